The molecule has 5 rings (SSSR count). The van der Waals surface area contributed by atoms with Crippen molar-refractivity contribution in [2.45, 2.75) is 51.1 Å². The van der Waals surface area contributed by atoms with Gasteiger partial charge in [-0.15, -0.1) is 0 Å². The van der Waals surface area contributed by atoms with E-state index in [-0.39, 0.29) is 30.3 Å². The molecule has 2 amide bonds. The molecule has 3 aromatic rings. The third kappa shape index (κ3) is 4.08. The van der Waals surface area contributed by atoms with Crippen molar-refractivity contribution in [3.05, 3.63) is 54.4 Å². The highest BCUT2D eigenvalue weighted by molar-refractivity contribution is 5.96. The van der Waals surface area contributed by atoms with Gasteiger partial charge in [0, 0.05) is 43.2 Å². The molecule has 7 nitrogen and oxygen atoms in total. The summed E-state index contributed by atoms with van der Waals surface area (Å²) >= 11 is 0. The second kappa shape index (κ2) is 8.89. The number of imidazole rings is 1. The first kappa shape index (κ1) is 21.5. The second-order valence-corrected chi connectivity index (χ2v) is 9.08. The van der Waals surface area contributed by atoms with Crippen LogP contribution in [0.1, 0.15) is 44.3 Å². The van der Waals surface area contributed by atoms with Gasteiger partial charge in [-0.3, -0.25) is 9.59 Å². The molecule has 2 fully saturated rings. The highest BCUT2D eigenvalue weighted by Crippen LogP contribution is 2.34. The maximum atomic E-state index is 13.3. The van der Waals surface area contributed by atoms with Gasteiger partial charge >= 0.3 is 0 Å². The molecular weight excluding hydrogens is 416 g/mol. The maximum Gasteiger partial charge on any atom is 0.242 e. The maximum absolute atomic E-state index is 13.3. The molecule has 0 radical (unpaired) electrons. The Morgan fingerprint density at radius 3 is 2.82 bits per heavy atom. The minimum atomic E-state index is -0.0809. The summed E-state index contributed by atoms with van der Waals surface area (Å²) in [4.78, 5) is 35.0. The third-order valence-electron chi connectivity index (χ3n) is 6.96. The molecule has 2 aliphatic heterocycles. The van der Waals surface area contributed by atoms with Crippen LogP contribution in [0.25, 0.3) is 11.0 Å². The summed E-state index contributed by atoms with van der Waals surface area (Å²) in [6.07, 6.45) is 3.65. The molecule has 2 atom stereocenters. The summed E-state index contributed by atoms with van der Waals surface area (Å²) in [6.45, 7) is 3.73. The molecule has 1 aromatic heterocycles. The van der Waals surface area contributed by atoms with Crippen LogP contribution in [0.5, 0.6) is 5.75 Å². The number of likely N-dealkylation sites (tertiary alicyclic amines) is 1. The zero-order valence-electron chi connectivity index (χ0n) is 19.2. The van der Waals surface area contributed by atoms with Crippen LogP contribution in [0.2, 0.25) is 0 Å². The summed E-state index contributed by atoms with van der Waals surface area (Å²) in [5.74, 6) is 1.64. The number of amides is 2. The Morgan fingerprint density at radius 1 is 1.15 bits per heavy atom. The molecule has 0 aliphatic carbocycles. The fraction of sp³-hybridized carbons (Fsp3) is 0.423. The number of piperidine rings is 1. The molecule has 0 saturated carbocycles. The van der Waals surface area contributed by atoms with Gasteiger partial charge in [0.05, 0.1) is 18.1 Å². The van der Waals surface area contributed by atoms with Crippen LogP contribution in [0, 0.1) is 0 Å². The molecule has 2 unspecified atom stereocenters. The van der Waals surface area contributed by atoms with Gasteiger partial charge in [0.25, 0.3) is 0 Å². The van der Waals surface area contributed by atoms with Gasteiger partial charge in [0.2, 0.25) is 11.8 Å². The molecular formula is C26H30N4O3. The number of para-hydroxylation sites is 2. The van der Waals surface area contributed by atoms with E-state index in [1.807, 2.05) is 58.0 Å². The molecule has 2 aromatic carbocycles. The molecule has 0 bridgehead atoms. The van der Waals surface area contributed by atoms with Gasteiger partial charge in [-0.05, 0) is 50.5 Å². The average Bonchev–Trinajstić information content (AvgIpc) is 3.40. The van der Waals surface area contributed by atoms with Gasteiger partial charge in [0.15, 0.2) is 0 Å². The Bertz CT molecular complexity index is 1190. The molecule has 33 heavy (non-hydrogen) atoms. The Morgan fingerprint density at radius 2 is 2.00 bits per heavy atom. The largest absolute Gasteiger partial charge is 0.497 e. The van der Waals surface area contributed by atoms with Gasteiger partial charge < -0.3 is 19.1 Å². The lowest BCUT2D eigenvalue weighted by Crippen LogP contribution is -2.43. The number of hydrogen-bond donors (Lipinski definition) is 0. The van der Waals surface area contributed by atoms with Crippen LogP contribution in [-0.2, 0) is 16.1 Å². The van der Waals surface area contributed by atoms with E-state index in [0.717, 1.165) is 47.7 Å². The van der Waals surface area contributed by atoms with E-state index in [2.05, 4.69) is 6.92 Å². The number of fused-ring (bicyclic) bond motifs is 1. The number of rotatable bonds is 5. The summed E-state index contributed by atoms with van der Waals surface area (Å²) in [5, 5.41) is 0. The Kier molecular flexibility index (Phi) is 5.79. The summed E-state index contributed by atoms with van der Waals surface area (Å²) < 4.78 is 7.37. The number of carbonyl (C=O) groups is 2. The Balaban J connectivity index is 1.46. The van der Waals surface area contributed by atoms with Gasteiger partial charge in [-0.2, -0.15) is 0 Å². The number of carbonyl (C=O) groups excluding carboxylic acids is 2. The van der Waals surface area contributed by atoms with Crippen LogP contribution in [0.4, 0.5) is 5.69 Å². The molecule has 0 spiro atoms. The summed E-state index contributed by atoms with van der Waals surface area (Å²) in [5.41, 5.74) is 2.62. The van der Waals surface area contributed by atoms with Crippen molar-refractivity contribution in [1.82, 2.24) is 14.5 Å². The van der Waals surface area contributed by atoms with Gasteiger partial charge in [0.1, 0.15) is 18.1 Å². The minimum Gasteiger partial charge on any atom is -0.497 e. The molecule has 172 valence electrons. The first-order valence-electron chi connectivity index (χ1n) is 11.7. The van der Waals surface area contributed by atoms with Crippen LogP contribution in [-0.4, -0.2) is 52.5 Å². The topological polar surface area (TPSA) is 67.7 Å². The molecule has 7 heteroatoms. The zero-order valence-corrected chi connectivity index (χ0v) is 19.2. The Hall–Kier alpha value is -3.35. The normalized spacial score (nSPS) is 21.1. The van der Waals surface area contributed by atoms with Gasteiger partial charge in [-0.25, -0.2) is 4.98 Å². The minimum absolute atomic E-state index is 0.0582. The fourth-order valence-corrected chi connectivity index (χ4v) is 5.18. The lowest BCUT2D eigenvalue weighted by molar-refractivity contribution is -0.135. The highest BCUT2D eigenvalue weighted by Gasteiger charge is 2.35. The second-order valence-electron chi connectivity index (χ2n) is 9.08. The average molecular weight is 447 g/mol. The van der Waals surface area contributed by atoms with E-state index in [1.165, 1.54) is 6.42 Å². The SMILES string of the molecule is COc1cccc(N2CC(c3nc4ccccc4n3CC(=O)N3CCCCC3C)CC2=O)c1. The quantitative estimate of drug-likeness (QED) is 0.595. The standard InChI is InChI=1S/C26H30N4O3/c1-18-8-5-6-13-28(18)25(32)17-30-23-12-4-3-11-22(23)27-26(30)19-14-24(31)29(16-19)20-9-7-10-21(15-20)33-2/h3-4,7,9-12,15,18-19H,5-6,8,13-14,16-17H2,1-2H3. The molecule has 2 aliphatic rings. The van der Waals surface area contributed by atoms with Crippen LogP contribution >= 0.6 is 0 Å². The fourth-order valence-electron chi connectivity index (χ4n) is 5.18. The van der Waals surface area contributed by atoms with Crippen LogP contribution in [0.15, 0.2) is 48.5 Å². The van der Waals surface area contributed by atoms with Crippen molar-refractivity contribution in [1.29, 1.82) is 0 Å². The molecule has 0 N–H and O–H groups in total. The first-order valence-corrected chi connectivity index (χ1v) is 11.7. The van der Waals surface area contributed by atoms with E-state index < -0.39 is 0 Å². The van der Waals surface area contributed by atoms with E-state index in [1.54, 1.807) is 12.0 Å². The predicted molar refractivity (Wildman–Crippen MR) is 127 cm³/mol. The van der Waals surface area contributed by atoms with E-state index in [9.17, 15) is 9.59 Å². The summed E-state index contributed by atoms with van der Waals surface area (Å²) in [6, 6.07) is 15.7. The first-order chi connectivity index (χ1) is 16.0. The molecule has 3 heterocycles. The summed E-state index contributed by atoms with van der Waals surface area (Å²) in [7, 11) is 1.62. The van der Waals surface area contributed by atoms with Crippen molar-refractivity contribution in [2.75, 3.05) is 25.1 Å². The number of methoxy groups -OCH3 is 1. The number of ether oxygens (including phenoxy) is 1. The van der Waals surface area contributed by atoms with E-state index >= 15 is 0 Å². The van der Waals surface area contributed by atoms with Crippen molar-refractivity contribution in [2.24, 2.45) is 0 Å². The number of aromatic nitrogens is 2. The Labute approximate surface area is 193 Å². The van der Waals surface area contributed by atoms with Crippen LogP contribution < -0.4 is 9.64 Å². The van der Waals surface area contributed by atoms with Crippen molar-refractivity contribution in [3.63, 3.8) is 0 Å². The van der Waals surface area contributed by atoms with Crippen molar-refractivity contribution >= 4 is 28.5 Å². The van der Waals surface area contributed by atoms with E-state index in [4.69, 9.17) is 9.72 Å². The number of hydrogen-bond acceptors (Lipinski definition) is 4. The van der Waals surface area contributed by atoms with Crippen molar-refractivity contribution < 1.29 is 14.3 Å². The predicted octanol–water partition coefficient (Wildman–Crippen LogP) is 3.97. The van der Waals surface area contributed by atoms with Gasteiger partial charge in [-0.1, -0.05) is 18.2 Å². The highest BCUT2D eigenvalue weighted by atomic mass is 16.5. The lowest BCUT2D eigenvalue weighted by Gasteiger charge is -2.33. The zero-order chi connectivity index (χ0) is 22.9. The smallest absolute Gasteiger partial charge is 0.242 e. The van der Waals surface area contributed by atoms with Crippen LogP contribution in [0.3, 0.4) is 0 Å². The van der Waals surface area contributed by atoms with E-state index in [0.29, 0.717) is 13.0 Å². The van der Waals surface area contributed by atoms with Crippen molar-refractivity contribution in [3.8, 4) is 5.75 Å². The monoisotopic (exact) mass is 446 g/mol. The number of anilines is 1. The third-order valence-corrected chi connectivity index (χ3v) is 6.96. The number of benzene rings is 2. The molecule has 2 saturated heterocycles. The lowest BCUT2D eigenvalue weighted by atomic mass is 10.0. The number of nitrogens with zero attached hydrogens (tertiary/aromatic N) is 4.